The van der Waals surface area contributed by atoms with Gasteiger partial charge in [0, 0.05) is 17.3 Å². The quantitative estimate of drug-likeness (QED) is 0.823. The van der Waals surface area contributed by atoms with Gasteiger partial charge in [-0.1, -0.05) is 17.7 Å². The zero-order valence-corrected chi connectivity index (χ0v) is 9.44. The standard InChI is InChI=1S/C11H10N2O2S/c1-8-2-4-9(5-3-8)13-6-7-16-10(13)12-11(14)15/h2-7H,1H3,(H,14,15)/b12-10+. The van der Waals surface area contributed by atoms with Crippen molar-refractivity contribution in [2.45, 2.75) is 6.92 Å². The average Bonchev–Trinajstić information content (AvgIpc) is 2.66. The van der Waals surface area contributed by atoms with Crippen molar-refractivity contribution in [3.05, 3.63) is 46.2 Å². The Balaban J connectivity index is 2.53. The molecule has 5 heteroatoms. The van der Waals surface area contributed by atoms with Gasteiger partial charge in [-0.2, -0.15) is 0 Å². The minimum absolute atomic E-state index is 0.455. The summed E-state index contributed by atoms with van der Waals surface area (Å²) in [6.07, 6.45) is 0.625. The normalized spacial score (nSPS) is 11.7. The monoisotopic (exact) mass is 234 g/mol. The predicted molar refractivity (Wildman–Crippen MR) is 62.0 cm³/mol. The number of aromatic nitrogens is 1. The van der Waals surface area contributed by atoms with Crippen molar-refractivity contribution in [3.63, 3.8) is 0 Å². The van der Waals surface area contributed by atoms with Gasteiger partial charge in [0.2, 0.25) is 4.80 Å². The van der Waals surface area contributed by atoms with E-state index in [0.717, 1.165) is 11.3 Å². The van der Waals surface area contributed by atoms with Crippen LogP contribution in [0.25, 0.3) is 5.69 Å². The Morgan fingerprint density at radius 2 is 2.06 bits per heavy atom. The van der Waals surface area contributed by atoms with E-state index in [1.165, 1.54) is 11.3 Å². The van der Waals surface area contributed by atoms with Crippen LogP contribution in [-0.4, -0.2) is 15.8 Å². The smallest absolute Gasteiger partial charge is 0.433 e. The molecule has 0 aliphatic rings. The summed E-state index contributed by atoms with van der Waals surface area (Å²) in [6.45, 7) is 2.00. The number of carbonyl (C=O) groups is 1. The molecule has 2 rings (SSSR count). The second-order valence-electron chi connectivity index (χ2n) is 3.29. The summed E-state index contributed by atoms with van der Waals surface area (Å²) < 4.78 is 1.75. The maximum Gasteiger partial charge on any atom is 0.433 e. The molecular formula is C11H10N2O2S. The highest BCUT2D eigenvalue weighted by Gasteiger charge is 2.00. The van der Waals surface area contributed by atoms with E-state index in [4.69, 9.17) is 5.11 Å². The number of hydrogen-bond donors (Lipinski definition) is 1. The highest BCUT2D eigenvalue weighted by Crippen LogP contribution is 2.07. The number of nitrogens with zero attached hydrogens (tertiary/aromatic N) is 2. The van der Waals surface area contributed by atoms with Gasteiger partial charge in [-0.15, -0.1) is 16.3 Å². The topological polar surface area (TPSA) is 54.6 Å². The van der Waals surface area contributed by atoms with Crippen molar-refractivity contribution in [3.8, 4) is 5.69 Å². The maximum absolute atomic E-state index is 10.5. The first-order valence-corrected chi connectivity index (χ1v) is 5.55. The molecule has 0 unspecified atom stereocenters. The van der Waals surface area contributed by atoms with Crippen LogP contribution in [0.2, 0.25) is 0 Å². The number of amides is 1. The molecule has 0 fully saturated rings. The summed E-state index contributed by atoms with van der Waals surface area (Å²) >= 11 is 1.29. The molecule has 16 heavy (non-hydrogen) atoms. The van der Waals surface area contributed by atoms with Gasteiger partial charge in [-0.3, -0.25) is 4.57 Å². The van der Waals surface area contributed by atoms with E-state index >= 15 is 0 Å². The lowest BCUT2D eigenvalue weighted by Gasteiger charge is -2.02. The van der Waals surface area contributed by atoms with Gasteiger partial charge in [0.25, 0.3) is 0 Å². The van der Waals surface area contributed by atoms with Crippen LogP contribution in [0.15, 0.2) is 40.8 Å². The Hall–Kier alpha value is -1.88. The molecule has 1 amide bonds. The van der Waals surface area contributed by atoms with Gasteiger partial charge in [0.1, 0.15) is 0 Å². The number of rotatable bonds is 1. The zero-order valence-electron chi connectivity index (χ0n) is 8.62. The van der Waals surface area contributed by atoms with Crippen molar-refractivity contribution in [2.75, 3.05) is 0 Å². The molecule has 0 aliphatic heterocycles. The molecule has 1 aromatic carbocycles. The molecule has 0 spiro atoms. The number of carboxylic acid groups (broad SMARTS) is 1. The van der Waals surface area contributed by atoms with Crippen LogP contribution in [-0.2, 0) is 0 Å². The molecule has 4 nitrogen and oxygen atoms in total. The summed E-state index contributed by atoms with van der Waals surface area (Å²) in [5.41, 5.74) is 2.07. The minimum atomic E-state index is -1.18. The summed E-state index contributed by atoms with van der Waals surface area (Å²) in [4.78, 5) is 14.5. The SMILES string of the molecule is Cc1ccc(-n2ccs/c2=N/C(=O)O)cc1. The van der Waals surface area contributed by atoms with Gasteiger partial charge in [-0.05, 0) is 19.1 Å². The maximum atomic E-state index is 10.5. The summed E-state index contributed by atoms with van der Waals surface area (Å²) in [7, 11) is 0. The molecule has 0 saturated carbocycles. The fourth-order valence-electron chi connectivity index (χ4n) is 1.34. The van der Waals surface area contributed by atoms with E-state index in [9.17, 15) is 4.79 Å². The van der Waals surface area contributed by atoms with Crippen molar-refractivity contribution in [1.82, 2.24) is 4.57 Å². The minimum Gasteiger partial charge on any atom is -0.463 e. The van der Waals surface area contributed by atoms with Gasteiger partial charge in [0.15, 0.2) is 0 Å². The predicted octanol–water partition coefficient (Wildman–Crippen LogP) is 2.43. The van der Waals surface area contributed by atoms with Crippen molar-refractivity contribution >= 4 is 17.4 Å². The van der Waals surface area contributed by atoms with E-state index < -0.39 is 6.09 Å². The molecule has 0 radical (unpaired) electrons. The second kappa shape index (κ2) is 4.32. The first-order chi connectivity index (χ1) is 7.66. The Bertz CT molecular complexity index is 566. The molecule has 0 aliphatic carbocycles. The lowest BCUT2D eigenvalue weighted by molar-refractivity contribution is 0.204. The zero-order chi connectivity index (χ0) is 11.5. The Morgan fingerprint density at radius 1 is 1.38 bits per heavy atom. The third-order valence-corrected chi connectivity index (χ3v) is 2.85. The van der Waals surface area contributed by atoms with Crippen molar-refractivity contribution in [1.29, 1.82) is 0 Å². The molecule has 82 valence electrons. The van der Waals surface area contributed by atoms with E-state index in [1.807, 2.05) is 36.6 Å². The largest absolute Gasteiger partial charge is 0.463 e. The lowest BCUT2D eigenvalue weighted by atomic mass is 10.2. The molecule has 2 aromatic rings. The second-order valence-corrected chi connectivity index (χ2v) is 4.16. The first kappa shape index (κ1) is 10.6. The highest BCUT2D eigenvalue weighted by molar-refractivity contribution is 7.07. The first-order valence-electron chi connectivity index (χ1n) is 4.67. The molecule has 1 heterocycles. The number of aryl methyl sites for hydroxylation is 1. The molecule has 0 atom stereocenters. The lowest BCUT2D eigenvalue weighted by Crippen LogP contribution is -2.13. The Morgan fingerprint density at radius 3 is 2.69 bits per heavy atom. The van der Waals surface area contributed by atoms with Crippen LogP contribution in [0.4, 0.5) is 4.79 Å². The van der Waals surface area contributed by atoms with Crippen LogP contribution in [0, 0.1) is 6.92 Å². The molecule has 1 aromatic heterocycles. The average molecular weight is 234 g/mol. The fourth-order valence-corrected chi connectivity index (χ4v) is 2.05. The summed E-state index contributed by atoms with van der Waals surface area (Å²) in [6, 6.07) is 7.82. The van der Waals surface area contributed by atoms with Crippen LogP contribution in [0.5, 0.6) is 0 Å². The Labute approximate surface area is 96.1 Å². The molecular weight excluding hydrogens is 224 g/mol. The summed E-state index contributed by atoms with van der Waals surface area (Å²) in [5.74, 6) is 0. The van der Waals surface area contributed by atoms with E-state index in [-0.39, 0.29) is 0 Å². The van der Waals surface area contributed by atoms with Crippen molar-refractivity contribution in [2.24, 2.45) is 4.99 Å². The van der Waals surface area contributed by atoms with Gasteiger partial charge in [-0.25, -0.2) is 4.79 Å². The third kappa shape index (κ3) is 2.20. The molecule has 1 N–H and O–H groups in total. The van der Waals surface area contributed by atoms with Crippen LogP contribution >= 0.6 is 11.3 Å². The number of thiazole rings is 1. The van der Waals surface area contributed by atoms with Gasteiger partial charge >= 0.3 is 6.09 Å². The molecule has 0 bridgehead atoms. The van der Waals surface area contributed by atoms with E-state index in [0.29, 0.717) is 4.80 Å². The van der Waals surface area contributed by atoms with Crippen LogP contribution in [0.1, 0.15) is 5.56 Å². The fraction of sp³-hybridized carbons (Fsp3) is 0.0909. The van der Waals surface area contributed by atoms with Crippen molar-refractivity contribution < 1.29 is 9.90 Å². The third-order valence-electron chi connectivity index (χ3n) is 2.09. The number of benzene rings is 1. The van der Waals surface area contributed by atoms with Gasteiger partial charge < -0.3 is 5.11 Å². The number of hydrogen-bond acceptors (Lipinski definition) is 2. The van der Waals surface area contributed by atoms with Crippen LogP contribution < -0.4 is 4.80 Å². The van der Waals surface area contributed by atoms with E-state index in [2.05, 4.69) is 4.99 Å². The van der Waals surface area contributed by atoms with Crippen LogP contribution in [0.3, 0.4) is 0 Å². The molecule has 0 saturated heterocycles. The van der Waals surface area contributed by atoms with Gasteiger partial charge in [0.05, 0.1) is 0 Å². The highest BCUT2D eigenvalue weighted by atomic mass is 32.1. The summed E-state index contributed by atoms with van der Waals surface area (Å²) in [5, 5.41) is 10.4. The Kier molecular flexibility index (Phi) is 2.87. The van der Waals surface area contributed by atoms with E-state index in [1.54, 1.807) is 10.8 Å².